The Morgan fingerprint density at radius 1 is 1.16 bits per heavy atom. The molecule has 110 valence electrons. The molecule has 0 saturated carbocycles. The minimum Gasteiger partial charge on any atom is -0.294 e. The molecular formula is C9H18N4O4S2. The highest BCUT2D eigenvalue weighted by Gasteiger charge is 2.33. The van der Waals surface area contributed by atoms with E-state index < -0.39 is 35.8 Å². The van der Waals surface area contributed by atoms with Crippen molar-refractivity contribution in [1.82, 2.24) is 14.8 Å². The van der Waals surface area contributed by atoms with Crippen molar-refractivity contribution in [2.24, 2.45) is 5.14 Å². The highest BCUT2D eigenvalue weighted by Crippen LogP contribution is 2.27. The summed E-state index contributed by atoms with van der Waals surface area (Å²) in [5, 5.41) is 10.9. The van der Waals surface area contributed by atoms with Crippen LogP contribution in [0.25, 0.3) is 0 Å². The van der Waals surface area contributed by atoms with E-state index in [1.807, 2.05) is 0 Å². The van der Waals surface area contributed by atoms with E-state index in [0.29, 0.717) is 0 Å². The summed E-state index contributed by atoms with van der Waals surface area (Å²) >= 11 is 0. The van der Waals surface area contributed by atoms with Crippen molar-refractivity contribution in [1.29, 1.82) is 0 Å². The molecule has 1 heterocycles. The van der Waals surface area contributed by atoms with Gasteiger partial charge in [0.05, 0.1) is 0 Å². The fourth-order valence-corrected chi connectivity index (χ4v) is 2.86. The maximum atomic E-state index is 11.6. The number of primary sulfonamides is 1. The fraction of sp³-hybridized carbons (Fsp3) is 0.778. The minimum atomic E-state index is -4.08. The van der Waals surface area contributed by atoms with Gasteiger partial charge in [0.15, 0.2) is 15.7 Å². The van der Waals surface area contributed by atoms with Crippen LogP contribution < -0.4 is 5.14 Å². The summed E-state index contributed by atoms with van der Waals surface area (Å²) in [5.41, 5.74) is -0.723. The SMILES string of the molecule is CC(c1nnc(S(N)(=O)=O)n1C(C)(C)C)S(C)(=O)=O. The first-order valence-electron chi connectivity index (χ1n) is 5.43. The molecule has 10 heteroatoms. The molecule has 19 heavy (non-hydrogen) atoms. The largest absolute Gasteiger partial charge is 0.294 e. The predicted molar refractivity (Wildman–Crippen MR) is 69.7 cm³/mol. The van der Waals surface area contributed by atoms with Crippen LogP contribution in [0.5, 0.6) is 0 Å². The Kier molecular flexibility index (Phi) is 3.83. The molecule has 0 saturated heterocycles. The second-order valence-corrected chi connectivity index (χ2v) is 9.19. The summed E-state index contributed by atoms with van der Waals surface area (Å²) in [7, 11) is -7.51. The van der Waals surface area contributed by atoms with Gasteiger partial charge in [-0.3, -0.25) is 4.57 Å². The Morgan fingerprint density at radius 3 is 1.95 bits per heavy atom. The van der Waals surface area contributed by atoms with Crippen LogP contribution in [0, 0.1) is 0 Å². The number of nitrogens with two attached hydrogens (primary N) is 1. The normalized spacial score (nSPS) is 15.5. The summed E-state index contributed by atoms with van der Waals surface area (Å²) in [6.07, 6.45) is 1.05. The molecule has 1 rings (SSSR count). The highest BCUT2D eigenvalue weighted by atomic mass is 32.2. The zero-order valence-electron chi connectivity index (χ0n) is 11.4. The monoisotopic (exact) mass is 310 g/mol. The number of rotatable bonds is 3. The van der Waals surface area contributed by atoms with Crippen LogP contribution in [-0.4, -0.2) is 37.9 Å². The van der Waals surface area contributed by atoms with Crippen molar-refractivity contribution in [3.05, 3.63) is 5.82 Å². The number of hydrogen-bond acceptors (Lipinski definition) is 6. The molecule has 1 atom stereocenters. The number of sulfonamides is 1. The number of aromatic nitrogens is 3. The van der Waals surface area contributed by atoms with E-state index in [0.717, 1.165) is 6.26 Å². The zero-order chi connectivity index (χ0) is 15.2. The Labute approximate surface area is 113 Å². The van der Waals surface area contributed by atoms with Crippen molar-refractivity contribution in [2.45, 2.75) is 43.6 Å². The van der Waals surface area contributed by atoms with E-state index in [1.165, 1.54) is 11.5 Å². The van der Waals surface area contributed by atoms with Crippen molar-refractivity contribution >= 4 is 19.9 Å². The Morgan fingerprint density at radius 2 is 1.63 bits per heavy atom. The van der Waals surface area contributed by atoms with Gasteiger partial charge < -0.3 is 0 Å². The van der Waals surface area contributed by atoms with Crippen LogP contribution in [0.4, 0.5) is 0 Å². The van der Waals surface area contributed by atoms with Gasteiger partial charge in [0.25, 0.3) is 15.2 Å². The van der Waals surface area contributed by atoms with Crippen LogP contribution in [0.3, 0.4) is 0 Å². The lowest BCUT2D eigenvalue weighted by Gasteiger charge is -2.25. The molecule has 0 radical (unpaired) electrons. The molecular weight excluding hydrogens is 292 g/mol. The number of hydrogen-bond donors (Lipinski definition) is 1. The molecule has 0 aliphatic rings. The molecule has 0 aliphatic carbocycles. The Balaban J connectivity index is 3.67. The van der Waals surface area contributed by atoms with Crippen molar-refractivity contribution < 1.29 is 16.8 Å². The fourth-order valence-electron chi connectivity index (χ4n) is 1.55. The van der Waals surface area contributed by atoms with Crippen LogP contribution in [0.15, 0.2) is 5.16 Å². The number of sulfone groups is 1. The highest BCUT2D eigenvalue weighted by molar-refractivity contribution is 7.91. The maximum absolute atomic E-state index is 11.6. The maximum Gasteiger partial charge on any atom is 0.273 e. The van der Waals surface area contributed by atoms with E-state index in [1.54, 1.807) is 20.8 Å². The molecule has 8 nitrogen and oxygen atoms in total. The standard InChI is InChI=1S/C9H18N4O4S2/c1-6(18(5,14)15)7-11-12-8(19(10,16)17)13(7)9(2,3)4/h6H,1-5H3,(H2,10,16,17). The van der Waals surface area contributed by atoms with Gasteiger partial charge in [-0.25, -0.2) is 22.0 Å². The molecule has 1 aromatic rings. The van der Waals surface area contributed by atoms with Crippen LogP contribution in [0.1, 0.15) is 38.8 Å². The van der Waals surface area contributed by atoms with Gasteiger partial charge in [0.1, 0.15) is 5.25 Å². The lowest BCUT2D eigenvalue weighted by molar-refractivity contribution is 0.349. The summed E-state index contributed by atoms with van der Waals surface area (Å²) in [4.78, 5) is 0. The first-order chi connectivity index (χ1) is 8.26. The second-order valence-electron chi connectivity index (χ2n) is 5.36. The molecule has 0 spiro atoms. The van der Waals surface area contributed by atoms with E-state index >= 15 is 0 Å². The van der Waals surface area contributed by atoms with Gasteiger partial charge in [-0.2, -0.15) is 0 Å². The Hall–Kier alpha value is -1.00. The van der Waals surface area contributed by atoms with E-state index in [9.17, 15) is 16.8 Å². The van der Waals surface area contributed by atoms with Crippen LogP contribution >= 0.6 is 0 Å². The van der Waals surface area contributed by atoms with Crippen molar-refractivity contribution in [2.75, 3.05) is 6.26 Å². The summed E-state index contributed by atoms with van der Waals surface area (Å²) < 4.78 is 47.4. The molecule has 0 aliphatic heterocycles. The number of nitrogens with zero attached hydrogens (tertiary/aromatic N) is 3. The van der Waals surface area contributed by atoms with Crippen molar-refractivity contribution in [3.63, 3.8) is 0 Å². The van der Waals surface area contributed by atoms with E-state index in [2.05, 4.69) is 10.2 Å². The molecule has 0 amide bonds. The average molecular weight is 310 g/mol. The first kappa shape index (κ1) is 16.1. The second kappa shape index (κ2) is 4.53. The van der Waals surface area contributed by atoms with Gasteiger partial charge in [0, 0.05) is 11.8 Å². The smallest absolute Gasteiger partial charge is 0.273 e. The molecule has 1 unspecified atom stereocenters. The van der Waals surface area contributed by atoms with Gasteiger partial charge >= 0.3 is 0 Å². The zero-order valence-corrected chi connectivity index (χ0v) is 13.1. The molecule has 0 bridgehead atoms. The first-order valence-corrected chi connectivity index (χ1v) is 8.94. The van der Waals surface area contributed by atoms with Crippen molar-refractivity contribution in [3.8, 4) is 0 Å². The quantitative estimate of drug-likeness (QED) is 0.823. The average Bonchev–Trinajstić information content (AvgIpc) is 2.56. The molecule has 2 N–H and O–H groups in total. The third kappa shape index (κ3) is 3.31. The van der Waals surface area contributed by atoms with Crippen LogP contribution in [-0.2, 0) is 25.4 Å². The van der Waals surface area contributed by atoms with Gasteiger partial charge in [0.2, 0.25) is 0 Å². The minimum absolute atomic E-state index is 0.0547. The van der Waals surface area contributed by atoms with Gasteiger partial charge in [-0.1, -0.05) is 0 Å². The lowest BCUT2D eigenvalue weighted by Crippen LogP contribution is -2.31. The predicted octanol–water partition coefficient (Wildman–Crippen LogP) is -0.214. The lowest BCUT2D eigenvalue weighted by atomic mass is 10.1. The third-order valence-electron chi connectivity index (χ3n) is 2.59. The van der Waals surface area contributed by atoms with Gasteiger partial charge in [-0.05, 0) is 27.7 Å². The summed E-state index contributed by atoms with van der Waals surface area (Å²) in [5.74, 6) is 0.0547. The topological polar surface area (TPSA) is 125 Å². The van der Waals surface area contributed by atoms with Crippen LogP contribution in [0.2, 0.25) is 0 Å². The third-order valence-corrected chi connectivity index (χ3v) is 4.86. The van der Waals surface area contributed by atoms with E-state index in [-0.39, 0.29) is 5.82 Å². The Bertz CT molecular complexity index is 682. The van der Waals surface area contributed by atoms with Gasteiger partial charge in [-0.15, -0.1) is 10.2 Å². The molecule has 1 aromatic heterocycles. The summed E-state index contributed by atoms with van der Waals surface area (Å²) in [6, 6.07) is 0. The van der Waals surface area contributed by atoms with E-state index in [4.69, 9.17) is 5.14 Å². The molecule has 0 aromatic carbocycles. The summed E-state index contributed by atoms with van der Waals surface area (Å²) in [6.45, 7) is 6.56. The molecule has 0 fully saturated rings.